The second kappa shape index (κ2) is 5.18. The van der Waals surface area contributed by atoms with Crippen LogP contribution in [0.2, 0.25) is 0 Å². The Bertz CT molecular complexity index is 383. The van der Waals surface area contributed by atoms with Crippen molar-refractivity contribution in [3.05, 3.63) is 12.0 Å². The highest BCUT2D eigenvalue weighted by Crippen LogP contribution is 2.18. The van der Waals surface area contributed by atoms with Gasteiger partial charge in [-0.15, -0.1) is 0 Å². The third kappa shape index (κ3) is 2.76. The molecule has 0 amide bonds. The SMILES string of the molecule is CCOC(=O)c1coc(N2CCC(N)CC2)n1. The summed E-state index contributed by atoms with van der Waals surface area (Å²) >= 11 is 0. The van der Waals surface area contributed by atoms with Crippen LogP contribution in [0.5, 0.6) is 0 Å². The van der Waals surface area contributed by atoms with Crippen LogP contribution in [-0.2, 0) is 4.74 Å². The van der Waals surface area contributed by atoms with Crippen molar-refractivity contribution in [2.24, 2.45) is 5.73 Å². The van der Waals surface area contributed by atoms with Crippen molar-refractivity contribution in [1.29, 1.82) is 0 Å². The Labute approximate surface area is 99.7 Å². The Morgan fingerprint density at radius 3 is 3.00 bits per heavy atom. The van der Waals surface area contributed by atoms with Crippen molar-refractivity contribution in [2.75, 3.05) is 24.6 Å². The number of piperidine rings is 1. The van der Waals surface area contributed by atoms with E-state index >= 15 is 0 Å². The fourth-order valence-corrected chi connectivity index (χ4v) is 1.80. The average molecular weight is 239 g/mol. The van der Waals surface area contributed by atoms with Crippen molar-refractivity contribution in [3.63, 3.8) is 0 Å². The van der Waals surface area contributed by atoms with E-state index in [9.17, 15) is 4.79 Å². The summed E-state index contributed by atoms with van der Waals surface area (Å²) in [4.78, 5) is 17.5. The van der Waals surface area contributed by atoms with E-state index in [0.717, 1.165) is 25.9 Å². The Kier molecular flexibility index (Phi) is 3.63. The summed E-state index contributed by atoms with van der Waals surface area (Å²) in [7, 11) is 0. The first kappa shape index (κ1) is 11.9. The summed E-state index contributed by atoms with van der Waals surface area (Å²) in [5.74, 6) is -0.448. The molecule has 0 atom stereocenters. The van der Waals surface area contributed by atoms with Gasteiger partial charge in [0.15, 0.2) is 5.69 Å². The summed E-state index contributed by atoms with van der Waals surface area (Å²) in [6, 6.07) is 0.727. The van der Waals surface area contributed by atoms with E-state index in [4.69, 9.17) is 14.9 Å². The lowest BCUT2D eigenvalue weighted by molar-refractivity contribution is 0.0519. The molecule has 94 valence electrons. The molecular formula is C11H17N3O3. The van der Waals surface area contributed by atoms with Gasteiger partial charge >= 0.3 is 5.97 Å². The molecule has 0 bridgehead atoms. The first-order chi connectivity index (χ1) is 8.20. The molecule has 1 aliphatic rings. The molecule has 6 heteroatoms. The molecule has 1 saturated heterocycles. The van der Waals surface area contributed by atoms with Crippen LogP contribution in [0.1, 0.15) is 30.3 Å². The highest BCUT2D eigenvalue weighted by atomic mass is 16.5. The second-order valence-electron chi connectivity index (χ2n) is 4.06. The van der Waals surface area contributed by atoms with E-state index < -0.39 is 5.97 Å². The van der Waals surface area contributed by atoms with Crippen molar-refractivity contribution >= 4 is 12.0 Å². The lowest BCUT2D eigenvalue weighted by Crippen LogP contribution is -2.39. The first-order valence-electron chi connectivity index (χ1n) is 5.84. The number of hydrogen-bond donors (Lipinski definition) is 1. The van der Waals surface area contributed by atoms with E-state index in [-0.39, 0.29) is 11.7 Å². The maximum atomic E-state index is 11.4. The van der Waals surface area contributed by atoms with Gasteiger partial charge in [-0.25, -0.2) is 4.79 Å². The van der Waals surface area contributed by atoms with E-state index in [1.54, 1.807) is 6.92 Å². The summed E-state index contributed by atoms with van der Waals surface area (Å²) in [6.45, 7) is 3.71. The topological polar surface area (TPSA) is 81.6 Å². The number of hydrogen-bond acceptors (Lipinski definition) is 6. The highest BCUT2D eigenvalue weighted by molar-refractivity contribution is 5.87. The van der Waals surface area contributed by atoms with Crippen molar-refractivity contribution in [1.82, 2.24) is 4.98 Å². The van der Waals surface area contributed by atoms with Crippen LogP contribution in [0.3, 0.4) is 0 Å². The smallest absolute Gasteiger partial charge is 0.360 e. The van der Waals surface area contributed by atoms with Crippen LogP contribution >= 0.6 is 0 Å². The zero-order valence-corrected chi connectivity index (χ0v) is 9.89. The number of nitrogens with two attached hydrogens (primary N) is 1. The van der Waals surface area contributed by atoms with E-state index in [1.807, 2.05) is 4.90 Å². The van der Waals surface area contributed by atoms with Crippen LogP contribution in [0.4, 0.5) is 6.01 Å². The number of oxazole rings is 1. The predicted octanol–water partition coefficient (Wildman–Crippen LogP) is 0.779. The van der Waals surface area contributed by atoms with E-state index in [0.29, 0.717) is 12.6 Å². The van der Waals surface area contributed by atoms with Gasteiger partial charge in [0.05, 0.1) is 6.61 Å². The molecular weight excluding hydrogens is 222 g/mol. The van der Waals surface area contributed by atoms with E-state index in [1.165, 1.54) is 6.26 Å². The van der Waals surface area contributed by atoms with E-state index in [2.05, 4.69) is 4.98 Å². The normalized spacial score (nSPS) is 17.2. The second-order valence-corrected chi connectivity index (χ2v) is 4.06. The average Bonchev–Trinajstić information content (AvgIpc) is 2.80. The van der Waals surface area contributed by atoms with Gasteiger partial charge in [-0.1, -0.05) is 0 Å². The summed E-state index contributed by atoms with van der Waals surface area (Å²) in [6.07, 6.45) is 3.16. The quantitative estimate of drug-likeness (QED) is 0.785. The minimum absolute atomic E-state index is 0.219. The van der Waals surface area contributed by atoms with Gasteiger partial charge in [-0.2, -0.15) is 4.98 Å². The molecule has 6 nitrogen and oxygen atoms in total. The molecule has 0 spiro atoms. The number of nitrogens with zero attached hydrogens (tertiary/aromatic N) is 2. The van der Waals surface area contributed by atoms with Crippen LogP contribution in [-0.4, -0.2) is 36.7 Å². The standard InChI is InChI=1S/C11H17N3O3/c1-2-16-10(15)9-7-17-11(13-9)14-5-3-8(12)4-6-14/h7-8H,2-6,12H2,1H3. The number of carbonyl (C=O) groups excluding carboxylic acids is 1. The van der Waals surface area contributed by atoms with Crippen LogP contribution < -0.4 is 10.6 Å². The molecule has 1 aromatic rings. The monoisotopic (exact) mass is 239 g/mol. The molecule has 0 aliphatic carbocycles. The number of rotatable bonds is 3. The molecule has 0 unspecified atom stereocenters. The Morgan fingerprint density at radius 1 is 1.65 bits per heavy atom. The van der Waals surface area contributed by atoms with Gasteiger partial charge in [0.25, 0.3) is 6.01 Å². The zero-order valence-electron chi connectivity index (χ0n) is 9.89. The molecule has 0 radical (unpaired) electrons. The van der Waals surface area contributed by atoms with Crippen molar-refractivity contribution in [2.45, 2.75) is 25.8 Å². The van der Waals surface area contributed by atoms with Crippen LogP contribution in [0.25, 0.3) is 0 Å². The molecule has 2 heterocycles. The molecule has 1 aliphatic heterocycles. The van der Waals surface area contributed by atoms with Gasteiger partial charge in [0.1, 0.15) is 6.26 Å². The minimum atomic E-state index is -0.448. The Balaban J connectivity index is 2.00. The van der Waals surface area contributed by atoms with Gasteiger partial charge in [-0.05, 0) is 19.8 Å². The predicted molar refractivity (Wildman–Crippen MR) is 61.9 cm³/mol. The minimum Gasteiger partial charge on any atom is -0.461 e. The maximum absolute atomic E-state index is 11.4. The molecule has 1 fully saturated rings. The van der Waals surface area contributed by atoms with Crippen molar-refractivity contribution < 1.29 is 13.9 Å². The highest BCUT2D eigenvalue weighted by Gasteiger charge is 2.21. The zero-order chi connectivity index (χ0) is 12.3. The third-order valence-corrected chi connectivity index (χ3v) is 2.79. The molecule has 1 aromatic heterocycles. The Hall–Kier alpha value is -1.56. The fraction of sp³-hybridized carbons (Fsp3) is 0.636. The third-order valence-electron chi connectivity index (χ3n) is 2.79. The Morgan fingerprint density at radius 2 is 2.35 bits per heavy atom. The van der Waals surface area contributed by atoms with Crippen LogP contribution in [0, 0.1) is 0 Å². The van der Waals surface area contributed by atoms with Gasteiger partial charge in [0, 0.05) is 19.1 Å². The summed E-state index contributed by atoms with van der Waals surface area (Å²) in [5, 5.41) is 0. The van der Waals surface area contributed by atoms with Gasteiger partial charge in [0.2, 0.25) is 0 Å². The first-order valence-corrected chi connectivity index (χ1v) is 5.84. The lowest BCUT2D eigenvalue weighted by Gasteiger charge is -2.28. The molecule has 17 heavy (non-hydrogen) atoms. The number of carbonyl (C=O) groups is 1. The number of anilines is 1. The number of esters is 1. The lowest BCUT2D eigenvalue weighted by atomic mass is 10.1. The molecule has 2 N–H and O–H groups in total. The molecule has 0 aromatic carbocycles. The van der Waals surface area contributed by atoms with Gasteiger partial charge in [-0.3, -0.25) is 0 Å². The maximum Gasteiger partial charge on any atom is 0.360 e. The largest absolute Gasteiger partial charge is 0.461 e. The summed E-state index contributed by atoms with van der Waals surface area (Å²) in [5.41, 5.74) is 6.04. The van der Waals surface area contributed by atoms with Crippen molar-refractivity contribution in [3.8, 4) is 0 Å². The fourth-order valence-electron chi connectivity index (χ4n) is 1.80. The van der Waals surface area contributed by atoms with Gasteiger partial charge < -0.3 is 19.8 Å². The molecule has 0 saturated carbocycles. The number of aromatic nitrogens is 1. The summed E-state index contributed by atoms with van der Waals surface area (Å²) < 4.78 is 10.1. The number of ether oxygens (including phenoxy) is 1. The molecule has 2 rings (SSSR count). The van der Waals surface area contributed by atoms with Crippen LogP contribution in [0.15, 0.2) is 10.7 Å².